The van der Waals surface area contributed by atoms with Crippen molar-refractivity contribution in [2.45, 2.75) is 6.92 Å². The van der Waals surface area contributed by atoms with Crippen LogP contribution in [0, 0.1) is 17.0 Å². The Hall–Kier alpha value is -3.02. The molecule has 0 aliphatic rings. The normalized spacial score (nSPS) is 10.7. The van der Waals surface area contributed by atoms with Crippen molar-refractivity contribution in [3.8, 4) is 0 Å². The van der Waals surface area contributed by atoms with Gasteiger partial charge in [-0.05, 0) is 25.1 Å². The van der Waals surface area contributed by atoms with E-state index >= 15 is 0 Å². The number of carbonyl (C=O) groups excluding carboxylic acids is 1. The van der Waals surface area contributed by atoms with Crippen LogP contribution in [-0.2, 0) is 0 Å². The van der Waals surface area contributed by atoms with Crippen LogP contribution in [0.4, 0.5) is 5.69 Å². The van der Waals surface area contributed by atoms with Crippen LogP contribution in [0.15, 0.2) is 46.9 Å². The Morgan fingerprint density at radius 3 is 2.76 bits per heavy atom. The van der Waals surface area contributed by atoms with Gasteiger partial charge in [0.05, 0.1) is 4.92 Å². The third-order valence-corrected chi connectivity index (χ3v) is 3.08. The van der Waals surface area contributed by atoms with Crippen molar-refractivity contribution in [3.05, 3.63) is 69.6 Å². The Kier molecular flexibility index (Phi) is 2.98. The van der Waals surface area contributed by atoms with E-state index in [0.29, 0.717) is 11.1 Å². The lowest BCUT2D eigenvalue weighted by atomic mass is 10.1. The fourth-order valence-corrected chi connectivity index (χ4v) is 2.10. The minimum atomic E-state index is -0.585. The molecule has 0 saturated heterocycles. The van der Waals surface area contributed by atoms with Crippen LogP contribution >= 0.6 is 0 Å². The molecular formula is C15H10N2O4. The van der Waals surface area contributed by atoms with Crippen molar-refractivity contribution in [2.75, 3.05) is 0 Å². The molecule has 0 aliphatic heterocycles. The van der Waals surface area contributed by atoms with Crippen LogP contribution in [0.5, 0.6) is 0 Å². The predicted octanol–water partition coefficient (Wildman–Crippen LogP) is 3.28. The number of rotatable bonds is 3. The zero-order chi connectivity index (χ0) is 15.0. The van der Waals surface area contributed by atoms with Gasteiger partial charge in [-0.25, -0.2) is 4.98 Å². The molecule has 21 heavy (non-hydrogen) atoms. The summed E-state index contributed by atoms with van der Waals surface area (Å²) in [6.07, 6.45) is 0. The molecule has 0 N–H and O–H groups in total. The number of ketones is 1. The molecule has 0 atom stereocenters. The van der Waals surface area contributed by atoms with Crippen LogP contribution in [0.25, 0.3) is 11.1 Å². The van der Waals surface area contributed by atoms with Crippen LogP contribution < -0.4 is 0 Å². The van der Waals surface area contributed by atoms with Gasteiger partial charge < -0.3 is 4.42 Å². The summed E-state index contributed by atoms with van der Waals surface area (Å²) in [4.78, 5) is 27.0. The maximum Gasteiger partial charge on any atom is 0.280 e. The van der Waals surface area contributed by atoms with Crippen molar-refractivity contribution < 1.29 is 14.1 Å². The maximum absolute atomic E-state index is 12.4. The Balaban J connectivity index is 2.10. The molecule has 2 aromatic heterocycles. The Bertz CT molecular complexity index is 867. The smallest absolute Gasteiger partial charge is 0.280 e. The highest BCUT2D eigenvalue weighted by atomic mass is 16.6. The molecule has 0 saturated carbocycles. The molecule has 0 unspecified atom stereocenters. The topological polar surface area (TPSA) is 86.2 Å². The Labute approximate surface area is 119 Å². The number of furan rings is 1. The van der Waals surface area contributed by atoms with Gasteiger partial charge in [0.25, 0.3) is 5.69 Å². The molecule has 6 nitrogen and oxygen atoms in total. The zero-order valence-corrected chi connectivity index (χ0v) is 11.1. The second kappa shape index (κ2) is 4.82. The van der Waals surface area contributed by atoms with Gasteiger partial charge in [0, 0.05) is 17.8 Å². The van der Waals surface area contributed by atoms with Crippen molar-refractivity contribution in [2.24, 2.45) is 0 Å². The predicted molar refractivity (Wildman–Crippen MR) is 75.3 cm³/mol. The third-order valence-electron chi connectivity index (χ3n) is 3.08. The number of nitro groups is 1. The standard InChI is InChI=1S/C15H10N2O4/c1-9-6-7-13-11(16-9)8-14(21-13)15(18)10-4-2-3-5-12(10)17(19)20/h2-8H,1H3. The number of hydrogen-bond acceptors (Lipinski definition) is 5. The highest BCUT2D eigenvalue weighted by Crippen LogP contribution is 2.24. The first-order chi connectivity index (χ1) is 10.1. The van der Waals surface area contributed by atoms with Gasteiger partial charge in [0.2, 0.25) is 5.78 Å². The highest BCUT2D eigenvalue weighted by Gasteiger charge is 2.23. The van der Waals surface area contributed by atoms with E-state index in [9.17, 15) is 14.9 Å². The van der Waals surface area contributed by atoms with Crippen molar-refractivity contribution in [1.29, 1.82) is 0 Å². The zero-order valence-electron chi connectivity index (χ0n) is 11.1. The van der Waals surface area contributed by atoms with Gasteiger partial charge in [0.15, 0.2) is 11.3 Å². The number of hydrogen-bond donors (Lipinski definition) is 0. The van der Waals surface area contributed by atoms with Gasteiger partial charge in [-0.15, -0.1) is 0 Å². The minimum Gasteiger partial charge on any atom is -0.451 e. The van der Waals surface area contributed by atoms with E-state index in [-0.39, 0.29) is 17.0 Å². The summed E-state index contributed by atoms with van der Waals surface area (Å²) in [6.45, 7) is 1.83. The lowest BCUT2D eigenvalue weighted by molar-refractivity contribution is -0.385. The molecule has 0 radical (unpaired) electrons. The minimum absolute atomic E-state index is 0.00159. The number of aromatic nitrogens is 1. The lowest BCUT2D eigenvalue weighted by Crippen LogP contribution is -2.04. The number of benzene rings is 1. The number of aryl methyl sites for hydroxylation is 1. The fraction of sp³-hybridized carbons (Fsp3) is 0.0667. The summed E-state index contributed by atoms with van der Waals surface area (Å²) in [5.74, 6) is -0.490. The molecule has 2 heterocycles. The second-order valence-corrected chi connectivity index (χ2v) is 4.55. The molecule has 3 rings (SSSR count). The van der Waals surface area contributed by atoms with Crippen LogP contribution in [0.2, 0.25) is 0 Å². The van der Waals surface area contributed by atoms with E-state index in [1.54, 1.807) is 18.2 Å². The molecule has 0 bridgehead atoms. The maximum atomic E-state index is 12.4. The molecule has 0 amide bonds. The molecule has 104 valence electrons. The number of nitrogens with zero attached hydrogens (tertiary/aromatic N) is 2. The highest BCUT2D eigenvalue weighted by molar-refractivity contribution is 6.11. The Morgan fingerprint density at radius 1 is 1.24 bits per heavy atom. The summed E-state index contributed by atoms with van der Waals surface area (Å²) in [6, 6.07) is 10.8. The molecule has 1 aromatic carbocycles. The third kappa shape index (κ3) is 2.27. The van der Waals surface area contributed by atoms with Gasteiger partial charge in [0.1, 0.15) is 11.1 Å². The van der Waals surface area contributed by atoms with E-state index in [1.165, 1.54) is 24.3 Å². The van der Waals surface area contributed by atoms with E-state index in [2.05, 4.69) is 4.98 Å². The number of fused-ring (bicyclic) bond motifs is 1. The number of para-hydroxylation sites is 1. The number of nitro benzene ring substituents is 1. The van der Waals surface area contributed by atoms with E-state index in [1.807, 2.05) is 6.92 Å². The summed E-state index contributed by atoms with van der Waals surface area (Å²) in [5.41, 5.74) is 1.58. The first kappa shape index (κ1) is 13.0. The summed E-state index contributed by atoms with van der Waals surface area (Å²) < 4.78 is 5.44. The lowest BCUT2D eigenvalue weighted by Gasteiger charge is -1.99. The van der Waals surface area contributed by atoms with Crippen molar-refractivity contribution in [3.63, 3.8) is 0 Å². The van der Waals surface area contributed by atoms with Gasteiger partial charge in [-0.2, -0.15) is 0 Å². The van der Waals surface area contributed by atoms with Crippen LogP contribution in [-0.4, -0.2) is 15.7 Å². The SMILES string of the molecule is Cc1ccc2oc(C(=O)c3ccccc3[N+](=O)[O-])cc2n1. The summed E-state index contributed by atoms with van der Waals surface area (Å²) in [5, 5.41) is 11.0. The monoisotopic (exact) mass is 282 g/mol. The average Bonchev–Trinajstić information content (AvgIpc) is 2.89. The Morgan fingerprint density at radius 2 is 2.00 bits per heavy atom. The first-order valence-corrected chi connectivity index (χ1v) is 6.21. The molecule has 0 spiro atoms. The van der Waals surface area contributed by atoms with Crippen LogP contribution in [0.3, 0.4) is 0 Å². The van der Waals surface area contributed by atoms with Gasteiger partial charge >= 0.3 is 0 Å². The molecule has 0 fully saturated rings. The largest absolute Gasteiger partial charge is 0.451 e. The second-order valence-electron chi connectivity index (χ2n) is 4.55. The van der Waals surface area contributed by atoms with E-state index in [0.717, 1.165) is 5.69 Å². The first-order valence-electron chi connectivity index (χ1n) is 6.21. The molecule has 3 aromatic rings. The van der Waals surface area contributed by atoms with Gasteiger partial charge in [-0.3, -0.25) is 14.9 Å². The van der Waals surface area contributed by atoms with Crippen molar-refractivity contribution in [1.82, 2.24) is 4.98 Å². The number of pyridine rings is 1. The molecular weight excluding hydrogens is 272 g/mol. The van der Waals surface area contributed by atoms with Crippen molar-refractivity contribution >= 4 is 22.6 Å². The average molecular weight is 282 g/mol. The molecule has 0 aliphatic carbocycles. The fourth-order valence-electron chi connectivity index (χ4n) is 2.10. The van der Waals surface area contributed by atoms with Crippen LogP contribution in [0.1, 0.15) is 21.8 Å². The van der Waals surface area contributed by atoms with Gasteiger partial charge in [-0.1, -0.05) is 12.1 Å². The summed E-state index contributed by atoms with van der Waals surface area (Å²) in [7, 11) is 0. The van der Waals surface area contributed by atoms with E-state index < -0.39 is 10.7 Å². The summed E-state index contributed by atoms with van der Waals surface area (Å²) >= 11 is 0. The quantitative estimate of drug-likeness (QED) is 0.418. The van der Waals surface area contributed by atoms with E-state index in [4.69, 9.17) is 4.42 Å². The molecule has 6 heteroatoms. The number of carbonyl (C=O) groups is 1.